The Morgan fingerprint density at radius 3 is 2.71 bits per heavy atom. The second-order valence-corrected chi connectivity index (χ2v) is 4.99. The summed E-state index contributed by atoms with van der Waals surface area (Å²) >= 11 is 6.16. The van der Waals surface area contributed by atoms with Crippen LogP contribution in [0, 0.1) is 6.92 Å². The molecule has 1 unspecified atom stereocenters. The van der Waals surface area contributed by atoms with E-state index in [1.54, 1.807) is 30.6 Å². The Kier molecular flexibility index (Phi) is 4.75. The number of benzene rings is 1. The SMILES string of the molecule is COC(=O)c1ccc(Cl)c(NC(C)c2nccnc2C)c1. The zero-order chi connectivity index (χ0) is 15.4. The summed E-state index contributed by atoms with van der Waals surface area (Å²) in [6.07, 6.45) is 3.30. The molecule has 1 atom stereocenters. The van der Waals surface area contributed by atoms with Gasteiger partial charge in [-0.1, -0.05) is 11.6 Å². The van der Waals surface area contributed by atoms with E-state index in [1.807, 2.05) is 13.8 Å². The van der Waals surface area contributed by atoms with Gasteiger partial charge in [0.1, 0.15) is 0 Å². The van der Waals surface area contributed by atoms with Crippen molar-refractivity contribution in [1.82, 2.24) is 9.97 Å². The van der Waals surface area contributed by atoms with Crippen LogP contribution >= 0.6 is 11.6 Å². The fourth-order valence-electron chi connectivity index (χ4n) is 2.03. The van der Waals surface area contributed by atoms with Crippen LogP contribution in [0.15, 0.2) is 30.6 Å². The molecular weight excluding hydrogens is 290 g/mol. The Balaban J connectivity index is 2.27. The fourth-order valence-corrected chi connectivity index (χ4v) is 2.20. The molecule has 0 bridgehead atoms. The Morgan fingerprint density at radius 1 is 1.33 bits per heavy atom. The van der Waals surface area contributed by atoms with Gasteiger partial charge in [-0.25, -0.2) is 4.79 Å². The summed E-state index contributed by atoms with van der Waals surface area (Å²) in [6.45, 7) is 3.85. The Bertz CT molecular complexity index is 661. The predicted octanol–water partition coefficient (Wildman–Crippen LogP) is 3.40. The Morgan fingerprint density at radius 2 is 2.05 bits per heavy atom. The van der Waals surface area contributed by atoms with Gasteiger partial charge in [0.25, 0.3) is 0 Å². The van der Waals surface area contributed by atoms with E-state index in [0.717, 1.165) is 11.4 Å². The third kappa shape index (κ3) is 3.49. The van der Waals surface area contributed by atoms with Gasteiger partial charge in [-0.15, -0.1) is 0 Å². The van der Waals surface area contributed by atoms with E-state index in [-0.39, 0.29) is 6.04 Å². The van der Waals surface area contributed by atoms with Gasteiger partial charge in [0.05, 0.1) is 40.8 Å². The van der Waals surface area contributed by atoms with Gasteiger partial charge in [0.2, 0.25) is 0 Å². The summed E-state index contributed by atoms with van der Waals surface area (Å²) in [5, 5.41) is 3.77. The molecule has 110 valence electrons. The van der Waals surface area contributed by atoms with Crippen molar-refractivity contribution in [3.05, 3.63) is 52.6 Å². The summed E-state index contributed by atoms with van der Waals surface area (Å²) in [6, 6.07) is 4.85. The molecule has 1 N–H and O–H groups in total. The minimum atomic E-state index is -0.405. The average molecular weight is 306 g/mol. The topological polar surface area (TPSA) is 64.1 Å². The number of carbonyl (C=O) groups is 1. The van der Waals surface area contributed by atoms with Crippen molar-refractivity contribution in [2.75, 3.05) is 12.4 Å². The van der Waals surface area contributed by atoms with E-state index >= 15 is 0 Å². The average Bonchev–Trinajstić information content (AvgIpc) is 2.49. The van der Waals surface area contributed by atoms with Gasteiger partial charge in [-0.05, 0) is 32.0 Å². The number of hydrogen-bond donors (Lipinski definition) is 1. The largest absolute Gasteiger partial charge is 0.465 e. The van der Waals surface area contributed by atoms with Gasteiger partial charge >= 0.3 is 5.97 Å². The third-order valence-corrected chi connectivity index (χ3v) is 3.42. The van der Waals surface area contributed by atoms with Gasteiger partial charge < -0.3 is 10.1 Å². The number of anilines is 1. The molecule has 2 rings (SSSR count). The van der Waals surface area contributed by atoms with E-state index in [0.29, 0.717) is 16.3 Å². The predicted molar refractivity (Wildman–Crippen MR) is 81.6 cm³/mol. The minimum Gasteiger partial charge on any atom is -0.465 e. The van der Waals surface area contributed by atoms with Crippen LogP contribution in [0.25, 0.3) is 0 Å². The van der Waals surface area contributed by atoms with Crippen LogP contribution < -0.4 is 5.32 Å². The van der Waals surface area contributed by atoms with Crippen LogP contribution in [0.4, 0.5) is 5.69 Å². The molecule has 0 saturated carbocycles. The lowest BCUT2D eigenvalue weighted by molar-refractivity contribution is 0.0601. The molecule has 2 aromatic rings. The van der Waals surface area contributed by atoms with Crippen molar-refractivity contribution in [3.8, 4) is 0 Å². The molecule has 6 heteroatoms. The van der Waals surface area contributed by atoms with Crippen LogP contribution in [-0.2, 0) is 4.74 Å². The smallest absolute Gasteiger partial charge is 0.337 e. The van der Waals surface area contributed by atoms with Crippen molar-refractivity contribution < 1.29 is 9.53 Å². The number of esters is 1. The minimum absolute atomic E-state index is 0.0934. The normalized spacial score (nSPS) is 11.8. The number of nitrogens with zero attached hydrogens (tertiary/aromatic N) is 2. The molecule has 1 aromatic heterocycles. The van der Waals surface area contributed by atoms with E-state index in [1.165, 1.54) is 7.11 Å². The number of aryl methyl sites for hydroxylation is 1. The number of aromatic nitrogens is 2. The molecular formula is C15H16ClN3O2. The number of ether oxygens (including phenoxy) is 1. The molecule has 0 saturated heterocycles. The maximum absolute atomic E-state index is 11.6. The molecule has 0 aliphatic heterocycles. The zero-order valence-electron chi connectivity index (χ0n) is 12.1. The number of rotatable bonds is 4. The molecule has 1 aromatic carbocycles. The first-order valence-corrected chi connectivity index (χ1v) is 6.82. The molecule has 0 fully saturated rings. The number of carbonyl (C=O) groups excluding carboxylic acids is 1. The highest BCUT2D eigenvalue weighted by Gasteiger charge is 2.14. The zero-order valence-corrected chi connectivity index (χ0v) is 12.8. The lowest BCUT2D eigenvalue weighted by atomic mass is 10.1. The Labute approximate surface area is 128 Å². The van der Waals surface area contributed by atoms with Crippen LogP contribution in [0.3, 0.4) is 0 Å². The van der Waals surface area contributed by atoms with Crippen LogP contribution in [0.5, 0.6) is 0 Å². The number of methoxy groups -OCH3 is 1. The number of nitrogens with one attached hydrogen (secondary N) is 1. The molecule has 0 aliphatic carbocycles. The van der Waals surface area contributed by atoms with Crippen LogP contribution in [0.2, 0.25) is 5.02 Å². The quantitative estimate of drug-likeness (QED) is 0.877. The molecule has 0 aliphatic rings. The van der Waals surface area contributed by atoms with Gasteiger partial charge in [-0.3, -0.25) is 9.97 Å². The lowest BCUT2D eigenvalue weighted by Gasteiger charge is -2.17. The Hall–Kier alpha value is -2.14. The van der Waals surface area contributed by atoms with Gasteiger partial charge in [-0.2, -0.15) is 0 Å². The first-order chi connectivity index (χ1) is 10.0. The molecule has 1 heterocycles. The molecule has 5 nitrogen and oxygen atoms in total. The van der Waals surface area contributed by atoms with Crippen molar-refractivity contribution in [1.29, 1.82) is 0 Å². The highest BCUT2D eigenvalue weighted by molar-refractivity contribution is 6.33. The molecule has 21 heavy (non-hydrogen) atoms. The van der Waals surface area contributed by atoms with Crippen molar-refractivity contribution in [2.45, 2.75) is 19.9 Å². The van der Waals surface area contributed by atoms with Crippen molar-refractivity contribution >= 4 is 23.3 Å². The molecule has 0 amide bonds. The first-order valence-electron chi connectivity index (χ1n) is 6.45. The molecule has 0 radical (unpaired) electrons. The van der Waals surface area contributed by atoms with E-state index in [9.17, 15) is 4.79 Å². The van der Waals surface area contributed by atoms with E-state index < -0.39 is 5.97 Å². The summed E-state index contributed by atoms with van der Waals surface area (Å²) in [4.78, 5) is 20.1. The van der Waals surface area contributed by atoms with Crippen LogP contribution in [-0.4, -0.2) is 23.0 Å². The van der Waals surface area contributed by atoms with Crippen molar-refractivity contribution in [3.63, 3.8) is 0 Å². The van der Waals surface area contributed by atoms with Gasteiger partial charge in [0, 0.05) is 12.4 Å². The number of halogens is 1. The van der Waals surface area contributed by atoms with Crippen LogP contribution in [0.1, 0.15) is 34.7 Å². The lowest BCUT2D eigenvalue weighted by Crippen LogP contribution is -2.12. The second-order valence-electron chi connectivity index (χ2n) is 4.58. The number of hydrogen-bond acceptors (Lipinski definition) is 5. The fraction of sp³-hybridized carbons (Fsp3) is 0.267. The summed E-state index contributed by atoms with van der Waals surface area (Å²) < 4.78 is 4.71. The standard InChI is InChI=1S/C15H16ClN3O2/c1-9-14(18-7-6-17-9)10(2)19-13-8-11(15(20)21-3)4-5-12(13)16/h4-8,10,19H,1-3H3. The van der Waals surface area contributed by atoms with Crippen molar-refractivity contribution in [2.24, 2.45) is 0 Å². The maximum Gasteiger partial charge on any atom is 0.337 e. The second kappa shape index (κ2) is 6.54. The van der Waals surface area contributed by atoms with E-state index in [2.05, 4.69) is 15.3 Å². The molecule has 0 spiro atoms. The maximum atomic E-state index is 11.6. The summed E-state index contributed by atoms with van der Waals surface area (Å²) in [7, 11) is 1.34. The highest BCUT2D eigenvalue weighted by Crippen LogP contribution is 2.27. The summed E-state index contributed by atoms with van der Waals surface area (Å²) in [5.74, 6) is -0.405. The monoisotopic (exact) mass is 305 g/mol. The highest BCUT2D eigenvalue weighted by atomic mass is 35.5. The first kappa shape index (κ1) is 15.3. The third-order valence-electron chi connectivity index (χ3n) is 3.09. The summed E-state index contributed by atoms with van der Waals surface area (Å²) in [5.41, 5.74) is 2.76. The van der Waals surface area contributed by atoms with E-state index in [4.69, 9.17) is 16.3 Å². The van der Waals surface area contributed by atoms with Gasteiger partial charge in [0.15, 0.2) is 0 Å².